The van der Waals surface area contributed by atoms with Gasteiger partial charge in [-0.2, -0.15) is 0 Å². The number of rotatable bonds is 5. The third-order valence-electron chi connectivity index (χ3n) is 3.66. The Balaban J connectivity index is 1.66. The molecule has 1 heterocycles. The van der Waals surface area contributed by atoms with E-state index in [2.05, 4.69) is 34.6 Å². The second-order valence-corrected chi connectivity index (χ2v) is 6.92. The van der Waals surface area contributed by atoms with E-state index in [-0.39, 0.29) is 5.91 Å². The normalized spacial score (nSPS) is 11.9. The van der Waals surface area contributed by atoms with Crippen molar-refractivity contribution in [3.63, 3.8) is 0 Å². The number of anilines is 1. The third kappa shape index (κ3) is 3.99. The topological polar surface area (TPSA) is 54.9 Å². The minimum absolute atomic E-state index is 0.278. The Morgan fingerprint density at radius 3 is 2.58 bits per heavy atom. The first-order chi connectivity index (χ1) is 11.6. The summed E-state index contributed by atoms with van der Waals surface area (Å²) in [4.78, 5) is 12.2. The maximum absolute atomic E-state index is 12.2. The van der Waals surface area contributed by atoms with Crippen LogP contribution in [-0.2, 0) is 6.42 Å². The summed E-state index contributed by atoms with van der Waals surface area (Å²) in [6, 6.07) is 17.2. The van der Waals surface area contributed by atoms with Crippen LogP contribution in [-0.4, -0.2) is 16.1 Å². The molecule has 4 nitrogen and oxygen atoms in total. The van der Waals surface area contributed by atoms with Crippen LogP contribution in [0.3, 0.4) is 0 Å². The Labute approximate surface area is 149 Å². The lowest BCUT2D eigenvalue weighted by Gasteiger charge is -2.08. The summed E-state index contributed by atoms with van der Waals surface area (Å²) < 4.78 is 0. The molecule has 1 unspecified atom stereocenters. The average molecular weight is 358 g/mol. The fourth-order valence-corrected chi connectivity index (χ4v) is 3.44. The molecule has 1 amide bonds. The van der Waals surface area contributed by atoms with E-state index in [1.54, 1.807) is 24.3 Å². The number of carbonyl (C=O) groups excluding carboxylic acids is 1. The predicted octanol–water partition coefficient (Wildman–Crippen LogP) is 4.79. The standard InChI is InChI=1S/C18H16ClN3OS/c1-12(13-7-3-2-4-8-13)11-16-21-22-18(24-16)20-17(23)14-9-5-6-10-15(14)19/h2-10,12H,11H2,1H3,(H,20,22,23). The molecule has 0 aliphatic carbocycles. The summed E-state index contributed by atoms with van der Waals surface area (Å²) in [5.41, 5.74) is 1.68. The van der Waals surface area contributed by atoms with Gasteiger partial charge in [0.25, 0.3) is 5.91 Å². The zero-order chi connectivity index (χ0) is 16.9. The molecule has 1 aromatic heterocycles. The number of amides is 1. The van der Waals surface area contributed by atoms with E-state index in [0.29, 0.717) is 21.6 Å². The van der Waals surface area contributed by atoms with Crippen molar-refractivity contribution in [2.75, 3.05) is 5.32 Å². The maximum atomic E-state index is 12.2. The Hall–Kier alpha value is -2.24. The highest BCUT2D eigenvalue weighted by atomic mass is 35.5. The number of nitrogens with zero attached hydrogens (tertiary/aromatic N) is 2. The van der Waals surface area contributed by atoms with Gasteiger partial charge in [-0.1, -0.05) is 72.3 Å². The minimum atomic E-state index is -0.278. The summed E-state index contributed by atoms with van der Waals surface area (Å²) in [6.45, 7) is 2.15. The largest absolute Gasteiger partial charge is 0.296 e. The molecule has 6 heteroatoms. The molecule has 0 aliphatic rings. The number of nitrogens with one attached hydrogen (secondary N) is 1. The van der Waals surface area contributed by atoms with Crippen molar-refractivity contribution in [2.45, 2.75) is 19.3 Å². The van der Waals surface area contributed by atoms with Crippen molar-refractivity contribution in [1.29, 1.82) is 0 Å². The van der Waals surface area contributed by atoms with Crippen molar-refractivity contribution in [3.8, 4) is 0 Å². The third-order valence-corrected chi connectivity index (χ3v) is 4.85. The maximum Gasteiger partial charge on any atom is 0.259 e. The Morgan fingerprint density at radius 1 is 1.12 bits per heavy atom. The minimum Gasteiger partial charge on any atom is -0.296 e. The summed E-state index contributed by atoms with van der Waals surface area (Å²) in [6.07, 6.45) is 0.781. The van der Waals surface area contributed by atoms with Crippen LogP contribution in [0.4, 0.5) is 5.13 Å². The van der Waals surface area contributed by atoms with Crippen molar-refractivity contribution in [3.05, 3.63) is 75.8 Å². The first kappa shape index (κ1) is 16.6. The first-order valence-corrected chi connectivity index (χ1v) is 8.76. The molecular weight excluding hydrogens is 342 g/mol. The van der Waals surface area contributed by atoms with E-state index in [1.165, 1.54) is 16.9 Å². The highest BCUT2D eigenvalue weighted by molar-refractivity contribution is 7.15. The number of halogens is 1. The molecule has 0 aliphatic heterocycles. The van der Waals surface area contributed by atoms with E-state index < -0.39 is 0 Å². The lowest BCUT2D eigenvalue weighted by molar-refractivity contribution is 0.102. The van der Waals surface area contributed by atoms with E-state index in [4.69, 9.17) is 11.6 Å². The van der Waals surface area contributed by atoms with Crippen LogP contribution in [0.1, 0.15) is 33.8 Å². The van der Waals surface area contributed by atoms with Gasteiger partial charge in [0.1, 0.15) is 5.01 Å². The summed E-state index contributed by atoms with van der Waals surface area (Å²) in [7, 11) is 0. The molecule has 122 valence electrons. The molecule has 2 aromatic carbocycles. The summed E-state index contributed by atoms with van der Waals surface area (Å²) in [5.74, 6) is 0.0608. The van der Waals surface area contributed by atoms with Gasteiger partial charge in [0.15, 0.2) is 0 Å². The van der Waals surface area contributed by atoms with Crippen molar-refractivity contribution in [2.24, 2.45) is 0 Å². The number of hydrogen-bond donors (Lipinski definition) is 1. The lowest BCUT2D eigenvalue weighted by Crippen LogP contribution is -2.12. The molecule has 0 saturated carbocycles. The van der Waals surface area contributed by atoms with Crippen molar-refractivity contribution in [1.82, 2.24) is 10.2 Å². The van der Waals surface area contributed by atoms with Crippen LogP contribution >= 0.6 is 22.9 Å². The highest BCUT2D eigenvalue weighted by Crippen LogP contribution is 2.25. The fourth-order valence-electron chi connectivity index (χ4n) is 2.36. The highest BCUT2D eigenvalue weighted by Gasteiger charge is 2.14. The fraction of sp³-hybridized carbons (Fsp3) is 0.167. The molecule has 0 spiro atoms. The van der Waals surface area contributed by atoms with Gasteiger partial charge in [-0.25, -0.2) is 0 Å². The van der Waals surface area contributed by atoms with E-state index >= 15 is 0 Å². The van der Waals surface area contributed by atoms with E-state index in [1.807, 2.05) is 18.2 Å². The molecule has 0 saturated heterocycles. The zero-order valence-electron chi connectivity index (χ0n) is 13.1. The smallest absolute Gasteiger partial charge is 0.259 e. The molecule has 24 heavy (non-hydrogen) atoms. The molecule has 1 atom stereocenters. The van der Waals surface area contributed by atoms with Crippen LogP contribution in [0, 0.1) is 0 Å². The molecule has 3 rings (SSSR count). The molecule has 0 bridgehead atoms. The average Bonchev–Trinajstić information content (AvgIpc) is 3.02. The van der Waals surface area contributed by atoms with Gasteiger partial charge in [0.2, 0.25) is 5.13 Å². The van der Waals surface area contributed by atoms with Gasteiger partial charge >= 0.3 is 0 Å². The SMILES string of the molecule is CC(Cc1nnc(NC(=O)c2ccccc2Cl)s1)c1ccccc1. The number of benzene rings is 2. The molecular formula is C18H16ClN3OS. The summed E-state index contributed by atoms with van der Waals surface area (Å²) >= 11 is 7.42. The van der Waals surface area contributed by atoms with Gasteiger partial charge in [-0.3, -0.25) is 10.1 Å². The zero-order valence-corrected chi connectivity index (χ0v) is 14.6. The predicted molar refractivity (Wildman–Crippen MR) is 97.9 cm³/mol. The van der Waals surface area contributed by atoms with Gasteiger partial charge in [-0.05, 0) is 23.6 Å². The number of carbonyl (C=O) groups is 1. The Morgan fingerprint density at radius 2 is 1.83 bits per heavy atom. The molecule has 3 aromatic rings. The quantitative estimate of drug-likeness (QED) is 0.714. The van der Waals surface area contributed by atoms with E-state index in [0.717, 1.165) is 11.4 Å². The lowest BCUT2D eigenvalue weighted by atomic mass is 9.98. The van der Waals surface area contributed by atoms with Crippen LogP contribution in [0.2, 0.25) is 5.02 Å². The van der Waals surface area contributed by atoms with Gasteiger partial charge in [-0.15, -0.1) is 10.2 Å². The Kier molecular flexibility index (Phi) is 5.23. The van der Waals surface area contributed by atoms with Gasteiger partial charge in [0.05, 0.1) is 10.6 Å². The first-order valence-electron chi connectivity index (χ1n) is 7.56. The van der Waals surface area contributed by atoms with Gasteiger partial charge < -0.3 is 0 Å². The summed E-state index contributed by atoms with van der Waals surface area (Å²) in [5, 5.41) is 12.8. The Bertz CT molecular complexity index is 835. The second-order valence-electron chi connectivity index (χ2n) is 5.45. The van der Waals surface area contributed by atoms with Crippen LogP contribution in [0.15, 0.2) is 54.6 Å². The van der Waals surface area contributed by atoms with Crippen LogP contribution < -0.4 is 5.32 Å². The van der Waals surface area contributed by atoms with Crippen LogP contribution in [0.5, 0.6) is 0 Å². The van der Waals surface area contributed by atoms with Crippen molar-refractivity contribution >= 4 is 34.0 Å². The van der Waals surface area contributed by atoms with Crippen LogP contribution in [0.25, 0.3) is 0 Å². The van der Waals surface area contributed by atoms with Gasteiger partial charge in [0, 0.05) is 6.42 Å². The van der Waals surface area contributed by atoms with Crippen molar-refractivity contribution < 1.29 is 4.79 Å². The number of hydrogen-bond acceptors (Lipinski definition) is 4. The van der Waals surface area contributed by atoms with E-state index in [9.17, 15) is 4.79 Å². The molecule has 0 fully saturated rings. The number of aromatic nitrogens is 2. The molecule has 0 radical (unpaired) electrons. The second kappa shape index (κ2) is 7.55. The molecule has 1 N–H and O–H groups in total. The monoisotopic (exact) mass is 357 g/mol.